The first-order chi connectivity index (χ1) is 15.2. The lowest BCUT2D eigenvalue weighted by Crippen LogP contribution is -2.33. The Hall–Kier alpha value is -3.93. The average molecular weight is 413 g/mol. The van der Waals surface area contributed by atoms with Gasteiger partial charge < -0.3 is 10.1 Å². The third-order valence-electron chi connectivity index (χ3n) is 5.09. The molecule has 3 aromatic carbocycles. The first kappa shape index (κ1) is 20.3. The monoisotopic (exact) mass is 413 g/mol. The molecule has 6 heteroatoms. The maximum atomic E-state index is 12.9. The Morgan fingerprint density at radius 1 is 1.00 bits per heavy atom. The van der Waals surface area contributed by atoms with E-state index in [4.69, 9.17) is 4.74 Å². The summed E-state index contributed by atoms with van der Waals surface area (Å²) >= 11 is 0. The lowest BCUT2D eigenvalue weighted by atomic mass is 10.1. The van der Waals surface area contributed by atoms with Gasteiger partial charge in [0.25, 0.3) is 5.56 Å². The van der Waals surface area contributed by atoms with Gasteiger partial charge in [0.05, 0.1) is 17.2 Å². The zero-order valence-electron chi connectivity index (χ0n) is 17.2. The quantitative estimate of drug-likeness (QED) is 0.482. The van der Waals surface area contributed by atoms with Crippen molar-refractivity contribution in [1.82, 2.24) is 9.55 Å². The highest BCUT2D eigenvalue weighted by Crippen LogP contribution is 2.19. The largest absolute Gasteiger partial charge is 0.489 e. The van der Waals surface area contributed by atoms with Crippen LogP contribution in [-0.4, -0.2) is 15.5 Å². The number of carbonyl (C=O) groups is 1. The van der Waals surface area contributed by atoms with Gasteiger partial charge in [0, 0.05) is 5.69 Å². The van der Waals surface area contributed by atoms with Crippen molar-refractivity contribution in [3.63, 3.8) is 0 Å². The topological polar surface area (TPSA) is 73.2 Å². The highest BCUT2D eigenvalue weighted by Gasteiger charge is 2.21. The van der Waals surface area contributed by atoms with Crippen LogP contribution in [0.3, 0.4) is 0 Å². The Bertz CT molecular complexity index is 1230. The number of amides is 1. The predicted molar refractivity (Wildman–Crippen MR) is 121 cm³/mol. The standard InChI is InChI=1S/C25H23N3O3/c1-2-23(28-17-26-22-11-7-6-10-21(22)25(28)30)24(29)27-19-12-14-20(15-13-19)31-16-18-8-4-3-5-9-18/h3-15,17,23H,2,16H2,1H3,(H,27,29). The summed E-state index contributed by atoms with van der Waals surface area (Å²) in [5.74, 6) is 0.448. The third-order valence-corrected chi connectivity index (χ3v) is 5.09. The summed E-state index contributed by atoms with van der Waals surface area (Å²) in [5, 5.41) is 3.38. The summed E-state index contributed by atoms with van der Waals surface area (Å²) < 4.78 is 7.18. The number of aromatic nitrogens is 2. The Morgan fingerprint density at radius 3 is 2.45 bits per heavy atom. The first-order valence-electron chi connectivity index (χ1n) is 10.2. The molecule has 0 spiro atoms. The van der Waals surface area contributed by atoms with Crippen LogP contribution in [0.15, 0.2) is 90.0 Å². The minimum absolute atomic E-state index is 0.225. The lowest BCUT2D eigenvalue weighted by Gasteiger charge is -2.18. The van der Waals surface area contributed by atoms with Crippen LogP contribution in [0.1, 0.15) is 24.9 Å². The molecule has 0 fully saturated rings. The second-order valence-corrected chi connectivity index (χ2v) is 7.19. The van der Waals surface area contributed by atoms with Gasteiger partial charge in [0.15, 0.2) is 0 Å². The van der Waals surface area contributed by atoms with Crippen molar-refractivity contribution in [1.29, 1.82) is 0 Å². The molecular formula is C25H23N3O3. The van der Waals surface area contributed by atoms with Gasteiger partial charge in [-0.3, -0.25) is 14.2 Å². The van der Waals surface area contributed by atoms with E-state index in [2.05, 4.69) is 10.3 Å². The molecule has 1 amide bonds. The molecular weight excluding hydrogens is 390 g/mol. The van der Waals surface area contributed by atoms with Gasteiger partial charge in [-0.25, -0.2) is 4.98 Å². The molecule has 0 aliphatic heterocycles. The minimum Gasteiger partial charge on any atom is -0.489 e. The Kier molecular flexibility index (Phi) is 6.08. The van der Waals surface area contributed by atoms with Crippen molar-refractivity contribution in [3.8, 4) is 5.75 Å². The Labute approximate surface area is 180 Å². The van der Waals surface area contributed by atoms with Crippen LogP contribution < -0.4 is 15.6 Å². The SMILES string of the molecule is CCC(C(=O)Nc1ccc(OCc2ccccc2)cc1)n1cnc2ccccc2c1=O. The number of nitrogens with one attached hydrogen (secondary N) is 1. The van der Waals surface area contributed by atoms with Crippen LogP contribution in [0.4, 0.5) is 5.69 Å². The Morgan fingerprint density at radius 2 is 1.71 bits per heavy atom. The molecule has 4 aromatic rings. The number of carbonyl (C=O) groups excluding carboxylic acids is 1. The maximum absolute atomic E-state index is 12.9. The molecule has 1 heterocycles. The molecule has 31 heavy (non-hydrogen) atoms. The van der Waals surface area contributed by atoms with Crippen LogP contribution in [0.25, 0.3) is 10.9 Å². The molecule has 0 aliphatic carbocycles. The van der Waals surface area contributed by atoms with Gasteiger partial charge in [0.2, 0.25) is 5.91 Å². The fraction of sp³-hybridized carbons (Fsp3) is 0.160. The van der Waals surface area contributed by atoms with Crippen molar-refractivity contribution in [2.75, 3.05) is 5.32 Å². The van der Waals surface area contributed by atoms with Crippen LogP contribution >= 0.6 is 0 Å². The number of benzene rings is 3. The molecule has 1 unspecified atom stereocenters. The highest BCUT2D eigenvalue weighted by molar-refractivity contribution is 5.94. The second-order valence-electron chi connectivity index (χ2n) is 7.19. The number of rotatable bonds is 7. The number of fused-ring (bicyclic) bond motifs is 1. The van der Waals surface area contributed by atoms with Crippen molar-refractivity contribution >= 4 is 22.5 Å². The highest BCUT2D eigenvalue weighted by atomic mass is 16.5. The zero-order valence-corrected chi connectivity index (χ0v) is 17.2. The summed E-state index contributed by atoms with van der Waals surface area (Å²) in [5.41, 5.74) is 2.11. The Balaban J connectivity index is 1.45. The lowest BCUT2D eigenvalue weighted by molar-refractivity contribution is -0.119. The van der Waals surface area contributed by atoms with E-state index in [0.717, 1.165) is 5.56 Å². The number of anilines is 1. The van der Waals surface area contributed by atoms with E-state index in [0.29, 0.717) is 35.4 Å². The number of nitrogens with zero attached hydrogens (tertiary/aromatic N) is 2. The van der Waals surface area contributed by atoms with E-state index in [1.54, 1.807) is 30.3 Å². The van der Waals surface area contributed by atoms with Gasteiger partial charge in [-0.15, -0.1) is 0 Å². The summed E-state index contributed by atoms with van der Waals surface area (Å²) in [7, 11) is 0. The fourth-order valence-electron chi connectivity index (χ4n) is 3.41. The molecule has 1 atom stereocenters. The van der Waals surface area contributed by atoms with Crippen LogP contribution in [0.5, 0.6) is 5.75 Å². The van der Waals surface area contributed by atoms with Crippen molar-refractivity contribution in [2.24, 2.45) is 0 Å². The number of para-hydroxylation sites is 1. The van der Waals surface area contributed by atoms with E-state index in [1.807, 2.05) is 55.5 Å². The van der Waals surface area contributed by atoms with E-state index < -0.39 is 6.04 Å². The summed E-state index contributed by atoms with van der Waals surface area (Å²) in [6, 6.07) is 23.6. The molecule has 156 valence electrons. The van der Waals surface area contributed by atoms with Crippen LogP contribution in [0, 0.1) is 0 Å². The molecule has 0 saturated carbocycles. The molecule has 6 nitrogen and oxygen atoms in total. The van der Waals surface area contributed by atoms with Gasteiger partial charge in [0.1, 0.15) is 18.4 Å². The number of ether oxygens (including phenoxy) is 1. The number of hydrogen-bond donors (Lipinski definition) is 1. The number of hydrogen-bond acceptors (Lipinski definition) is 4. The molecule has 0 bridgehead atoms. The first-order valence-corrected chi connectivity index (χ1v) is 10.2. The molecule has 0 aliphatic rings. The van der Waals surface area contributed by atoms with Crippen LogP contribution in [-0.2, 0) is 11.4 Å². The van der Waals surface area contributed by atoms with E-state index in [1.165, 1.54) is 10.9 Å². The summed E-state index contributed by atoms with van der Waals surface area (Å²) in [4.78, 5) is 30.1. The normalized spacial score (nSPS) is 11.8. The third kappa shape index (κ3) is 4.64. The molecule has 1 N–H and O–H groups in total. The van der Waals surface area contributed by atoms with Gasteiger partial charge in [-0.2, -0.15) is 0 Å². The van der Waals surface area contributed by atoms with Crippen molar-refractivity contribution < 1.29 is 9.53 Å². The molecule has 0 saturated heterocycles. The fourth-order valence-corrected chi connectivity index (χ4v) is 3.41. The maximum Gasteiger partial charge on any atom is 0.261 e. The molecule has 1 aromatic heterocycles. The van der Waals surface area contributed by atoms with E-state index in [-0.39, 0.29) is 11.5 Å². The van der Waals surface area contributed by atoms with Crippen LogP contribution in [0.2, 0.25) is 0 Å². The van der Waals surface area contributed by atoms with Crippen molar-refractivity contribution in [2.45, 2.75) is 26.0 Å². The second kappa shape index (κ2) is 9.26. The van der Waals surface area contributed by atoms with E-state index >= 15 is 0 Å². The average Bonchev–Trinajstić information content (AvgIpc) is 2.81. The summed E-state index contributed by atoms with van der Waals surface area (Å²) in [6.07, 6.45) is 1.91. The van der Waals surface area contributed by atoms with E-state index in [9.17, 15) is 9.59 Å². The smallest absolute Gasteiger partial charge is 0.261 e. The predicted octanol–water partition coefficient (Wildman–Crippen LogP) is 4.57. The van der Waals surface area contributed by atoms with Gasteiger partial charge in [-0.1, -0.05) is 49.4 Å². The van der Waals surface area contributed by atoms with Gasteiger partial charge >= 0.3 is 0 Å². The van der Waals surface area contributed by atoms with Crippen molar-refractivity contribution in [3.05, 3.63) is 101 Å². The van der Waals surface area contributed by atoms with Gasteiger partial charge in [-0.05, 0) is 48.4 Å². The minimum atomic E-state index is -0.654. The summed E-state index contributed by atoms with van der Waals surface area (Å²) in [6.45, 7) is 2.34. The molecule has 0 radical (unpaired) electrons. The zero-order chi connectivity index (χ0) is 21.6. The molecule has 4 rings (SSSR count).